The summed E-state index contributed by atoms with van der Waals surface area (Å²) in [4.78, 5) is 4.08. The van der Waals surface area contributed by atoms with Crippen LogP contribution in [0.25, 0.3) is 10.9 Å². The summed E-state index contributed by atoms with van der Waals surface area (Å²) in [6, 6.07) is 2.07. The Morgan fingerprint density at radius 2 is 2.27 bits per heavy atom. The molecule has 2 rings (SSSR count). The molecule has 0 amide bonds. The van der Waals surface area contributed by atoms with Crippen molar-refractivity contribution < 1.29 is 0 Å². The largest absolute Gasteiger partial charge is 0.349 e. The Morgan fingerprint density at radius 1 is 1.45 bits per heavy atom. The molecule has 56 valence electrons. The number of hydrogen-bond donors (Lipinski definition) is 0. The lowest BCUT2D eigenvalue weighted by Gasteiger charge is -1.95. The van der Waals surface area contributed by atoms with Crippen LogP contribution in [0.5, 0.6) is 0 Å². The maximum atomic E-state index is 4.08. The zero-order chi connectivity index (χ0) is 7.84. The normalized spacial score (nSPS) is 10.7. The molecule has 2 aromatic heterocycles. The van der Waals surface area contributed by atoms with Crippen molar-refractivity contribution >= 4 is 26.8 Å². The van der Waals surface area contributed by atoms with Gasteiger partial charge in [-0.3, -0.25) is 4.98 Å². The second-order valence-electron chi connectivity index (χ2n) is 2.48. The van der Waals surface area contributed by atoms with E-state index in [1.165, 1.54) is 5.39 Å². The van der Waals surface area contributed by atoms with Crippen molar-refractivity contribution in [3.05, 3.63) is 29.1 Å². The van der Waals surface area contributed by atoms with Crippen molar-refractivity contribution in [2.75, 3.05) is 0 Å². The fourth-order valence-electron chi connectivity index (χ4n) is 1.15. The molecule has 0 bridgehead atoms. The van der Waals surface area contributed by atoms with Gasteiger partial charge >= 0.3 is 0 Å². The predicted octanol–water partition coefficient (Wildman–Crippen LogP) is 2.34. The zero-order valence-corrected chi connectivity index (χ0v) is 7.67. The molecular formula is C8H7BrN2. The van der Waals surface area contributed by atoms with Crippen molar-refractivity contribution in [2.45, 2.75) is 0 Å². The van der Waals surface area contributed by atoms with E-state index in [-0.39, 0.29) is 0 Å². The summed E-state index contributed by atoms with van der Waals surface area (Å²) in [5, 5.41) is 1.21. The minimum absolute atomic E-state index is 1.05. The summed E-state index contributed by atoms with van der Waals surface area (Å²) in [7, 11) is 2.01. The lowest BCUT2D eigenvalue weighted by Crippen LogP contribution is -1.84. The van der Waals surface area contributed by atoms with Gasteiger partial charge in [-0.2, -0.15) is 0 Å². The highest BCUT2D eigenvalue weighted by molar-refractivity contribution is 9.10. The maximum Gasteiger partial charge on any atom is 0.0675 e. The van der Waals surface area contributed by atoms with Crippen LogP contribution in [0, 0.1) is 0 Å². The van der Waals surface area contributed by atoms with Crippen LogP contribution >= 0.6 is 15.9 Å². The molecule has 2 aromatic rings. The second kappa shape index (κ2) is 2.34. The smallest absolute Gasteiger partial charge is 0.0675 e. The minimum Gasteiger partial charge on any atom is -0.349 e. The van der Waals surface area contributed by atoms with Gasteiger partial charge in [-0.25, -0.2) is 0 Å². The van der Waals surface area contributed by atoms with Gasteiger partial charge in [-0.1, -0.05) is 0 Å². The van der Waals surface area contributed by atoms with E-state index in [1.807, 2.05) is 30.2 Å². The molecule has 0 unspecified atom stereocenters. The molecule has 0 saturated heterocycles. The summed E-state index contributed by atoms with van der Waals surface area (Å²) in [6.45, 7) is 0. The molecular weight excluding hydrogens is 204 g/mol. The molecule has 0 spiro atoms. The highest BCUT2D eigenvalue weighted by Crippen LogP contribution is 2.22. The Kier molecular flexibility index (Phi) is 1.46. The number of rotatable bonds is 0. The van der Waals surface area contributed by atoms with Gasteiger partial charge in [0.25, 0.3) is 0 Å². The van der Waals surface area contributed by atoms with Crippen molar-refractivity contribution in [2.24, 2.45) is 7.05 Å². The van der Waals surface area contributed by atoms with E-state index in [9.17, 15) is 0 Å². The average molecular weight is 211 g/mol. The van der Waals surface area contributed by atoms with Gasteiger partial charge in [0, 0.05) is 29.3 Å². The number of halogens is 1. The molecule has 0 aliphatic carbocycles. The highest BCUT2D eigenvalue weighted by atomic mass is 79.9. The van der Waals surface area contributed by atoms with Crippen LogP contribution in [0.15, 0.2) is 29.1 Å². The summed E-state index contributed by atoms with van der Waals surface area (Å²) in [5.41, 5.74) is 1.15. The van der Waals surface area contributed by atoms with Crippen molar-refractivity contribution in [1.29, 1.82) is 0 Å². The lowest BCUT2D eigenvalue weighted by atomic mass is 10.3. The van der Waals surface area contributed by atoms with Gasteiger partial charge < -0.3 is 4.57 Å². The van der Waals surface area contributed by atoms with Gasteiger partial charge in [0.2, 0.25) is 0 Å². The first-order valence-corrected chi connectivity index (χ1v) is 4.13. The molecule has 0 aromatic carbocycles. The summed E-state index contributed by atoms with van der Waals surface area (Å²) >= 11 is 3.43. The zero-order valence-electron chi connectivity index (χ0n) is 6.08. The van der Waals surface area contributed by atoms with Crippen LogP contribution in [0.2, 0.25) is 0 Å². The molecule has 0 fully saturated rings. The first-order chi connectivity index (χ1) is 5.29. The second-order valence-corrected chi connectivity index (χ2v) is 3.34. The van der Waals surface area contributed by atoms with Gasteiger partial charge in [0.15, 0.2) is 0 Å². The molecule has 3 heteroatoms. The van der Waals surface area contributed by atoms with Crippen molar-refractivity contribution in [3.63, 3.8) is 0 Å². The van der Waals surface area contributed by atoms with E-state index in [2.05, 4.69) is 27.0 Å². The number of hydrogen-bond acceptors (Lipinski definition) is 1. The number of fused-ring (bicyclic) bond motifs is 1. The molecule has 0 aliphatic heterocycles. The van der Waals surface area contributed by atoms with Crippen molar-refractivity contribution in [1.82, 2.24) is 9.55 Å². The molecule has 0 radical (unpaired) electrons. The van der Waals surface area contributed by atoms with Gasteiger partial charge in [0.05, 0.1) is 11.7 Å². The number of aryl methyl sites for hydroxylation is 1. The van der Waals surface area contributed by atoms with Crippen LogP contribution in [0.3, 0.4) is 0 Å². The molecule has 0 N–H and O–H groups in total. The fourth-order valence-corrected chi connectivity index (χ4v) is 1.60. The molecule has 0 atom stereocenters. The molecule has 11 heavy (non-hydrogen) atoms. The third-order valence-electron chi connectivity index (χ3n) is 1.76. The van der Waals surface area contributed by atoms with E-state index in [4.69, 9.17) is 0 Å². The van der Waals surface area contributed by atoms with Gasteiger partial charge in [0.1, 0.15) is 0 Å². The lowest BCUT2D eigenvalue weighted by molar-refractivity contribution is 0.965. The SMILES string of the molecule is Cn1ccc2c(Br)cncc21. The Bertz CT molecular complexity index is 392. The van der Waals surface area contributed by atoms with E-state index in [0.29, 0.717) is 0 Å². The first-order valence-electron chi connectivity index (χ1n) is 3.33. The molecule has 0 aliphatic rings. The molecule has 2 nitrogen and oxygen atoms in total. The predicted molar refractivity (Wildman–Crippen MR) is 48.4 cm³/mol. The van der Waals surface area contributed by atoms with Gasteiger partial charge in [-0.15, -0.1) is 0 Å². The standard InChI is InChI=1S/C8H7BrN2/c1-11-3-2-6-7(9)4-10-5-8(6)11/h2-5H,1H3. The van der Waals surface area contributed by atoms with Crippen LogP contribution in [0.4, 0.5) is 0 Å². The quantitative estimate of drug-likeness (QED) is 0.653. The third kappa shape index (κ3) is 0.959. The molecule has 2 heterocycles. The Balaban J connectivity index is 2.94. The number of pyridine rings is 1. The van der Waals surface area contributed by atoms with Crippen molar-refractivity contribution in [3.8, 4) is 0 Å². The van der Waals surface area contributed by atoms with E-state index >= 15 is 0 Å². The van der Waals surface area contributed by atoms with Crippen LogP contribution in [0.1, 0.15) is 0 Å². The summed E-state index contributed by atoms with van der Waals surface area (Å²) in [5.74, 6) is 0. The van der Waals surface area contributed by atoms with Gasteiger partial charge in [-0.05, 0) is 22.0 Å². The number of nitrogens with zero attached hydrogens (tertiary/aromatic N) is 2. The maximum absolute atomic E-state index is 4.08. The highest BCUT2D eigenvalue weighted by Gasteiger charge is 1.99. The average Bonchev–Trinajstić information content (AvgIpc) is 2.35. The topological polar surface area (TPSA) is 17.8 Å². The Labute approximate surface area is 73.0 Å². The first kappa shape index (κ1) is 6.85. The Hall–Kier alpha value is -0.830. The van der Waals surface area contributed by atoms with Crippen LogP contribution in [-0.4, -0.2) is 9.55 Å². The van der Waals surface area contributed by atoms with E-state index < -0.39 is 0 Å². The summed E-state index contributed by atoms with van der Waals surface area (Å²) in [6.07, 6.45) is 5.69. The fraction of sp³-hybridized carbons (Fsp3) is 0.125. The van der Waals surface area contributed by atoms with Crippen LogP contribution < -0.4 is 0 Å². The number of aromatic nitrogens is 2. The monoisotopic (exact) mass is 210 g/mol. The van der Waals surface area contributed by atoms with E-state index in [0.717, 1.165) is 9.99 Å². The van der Waals surface area contributed by atoms with Crippen LogP contribution in [-0.2, 0) is 7.05 Å². The van der Waals surface area contributed by atoms with E-state index in [1.54, 1.807) is 0 Å². The molecule has 0 saturated carbocycles. The minimum atomic E-state index is 1.05. The third-order valence-corrected chi connectivity index (χ3v) is 2.39. The summed E-state index contributed by atoms with van der Waals surface area (Å²) < 4.78 is 3.10. The Morgan fingerprint density at radius 3 is 3.00 bits per heavy atom.